The number of esters is 1. The van der Waals surface area contributed by atoms with Crippen molar-refractivity contribution in [3.63, 3.8) is 0 Å². The van der Waals surface area contributed by atoms with E-state index in [1.165, 1.54) is 32.1 Å². The van der Waals surface area contributed by atoms with E-state index >= 15 is 0 Å². The van der Waals surface area contributed by atoms with Crippen LogP contribution in [0.15, 0.2) is 0 Å². The number of carbonyl (C=O) groups excluding carboxylic acids is 1. The maximum atomic E-state index is 11.3. The van der Waals surface area contributed by atoms with Crippen LogP contribution in [0.2, 0.25) is 0 Å². The monoisotopic (exact) mass is 243 g/mol. The molecule has 0 fully saturated rings. The molecule has 0 aromatic rings. The summed E-state index contributed by atoms with van der Waals surface area (Å²) in [5, 5.41) is 0. The van der Waals surface area contributed by atoms with Gasteiger partial charge in [-0.1, -0.05) is 45.4 Å². The Balaban J connectivity index is 3.11. The zero-order valence-corrected chi connectivity index (χ0v) is 11.4. The molecule has 0 aromatic carbocycles. The number of carbonyl (C=O) groups is 1. The highest BCUT2D eigenvalue weighted by atomic mass is 16.5. The lowest BCUT2D eigenvalue weighted by atomic mass is 10.1. The van der Waals surface area contributed by atoms with Crippen LogP contribution in [0.25, 0.3) is 0 Å². The minimum Gasteiger partial charge on any atom is -0.466 e. The van der Waals surface area contributed by atoms with Gasteiger partial charge in [0.25, 0.3) is 0 Å². The van der Waals surface area contributed by atoms with Gasteiger partial charge in [0, 0.05) is 6.42 Å². The van der Waals surface area contributed by atoms with Gasteiger partial charge in [-0.2, -0.15) is 0 Å². The summed E-state index contributed by atoms with van der Waals surface area (Å²) in [5.41, 5.74) is 5.35. The van der Waals surface area contributed by atoms with E-state index in [0.717, 1.165) is 25.7 Å². The summed E-state index contributed by atoms with van der Waals surface area (Å²) in [5.74, 6) is -0.0458. The molecule has 0 aromatic heterocycles. The first kappa shape index (κ1) is 16.4. The van der Waals surface area contributed by atoms with Gasteiger partial charge in [0.1, 0.15) is 0 Å². The van der Waals surface area contributed by atoms with Gasteiger partial charge in [0.2, 0.25) is 0 Å². The first-order valence-corrected chi connectivity index (χ1v) is 7.17. The average molecular weight is 243 g/mol. The molecule has 0 saturated heterocycles. The van der Waals surface area contributed by atoms with Crippen LogP contribution < -0.4 is 5.73 Å². The van der Waals surface area contributed by atoms with Gasteiger partial charge >= 0.3 is 5.97 Å². The van der Waals surface area contributed by atoms with Gasteiger partial charge in [-0.05, 0) is 25.8 Å². The maximum absolute atomic E-state index is 11.3. The summed E-state index contributed by atoms with van der Waals surface area (Å²) >= 11 is 0. The molecule has 0 atom stereocenters. The number of rotatable bonds is 12. The zero-order valence-electron chi connectivity index (χ0n) is 11.4. The lowest BCUT2D eigenvalue weighted by Crippen LogP contribution is -2.07. The Bertz CT molecular complexity index is 172. The number of ether oxygens (including phenoxy) is 1. The molecule has 0 radical (unpaired) electrons. The maximum Gasteiger partial charge on any atom is 0.305 e. The van der Waals surface area contributed by atoms with Crippen molar-refractivity contribution >= 4 is 5.97 Å². The van der Waals surface area contributed by atoms with Crippen molar-refractivity contribution in [1.29, 1.82) is 0 Å². The van der Waals surface area contributed by atoms with Crippen molar-refractivity contribution < 1.29 is 9.53 Å². The third kappa shape index (κ3) is 13.4. The van der Waals surface area contributed by atoms with Crippen molar-refractivity contribution in [3.05, 3.63) is 0 Å². The Morgan fingerprint density at radius 2 is 1.59 bits per heavy atom. The summed E-state index contributed by atoms with van der Waals surface area (Å²) in [6, 6.07) is 0. The van der Waals surface area contributed by atoms with Crippen LogP contribution in [-0.2, 0) is 9.53 Å². The first-order chi connectivity index (χ1) is 8.31. The van der Waals surface area contributed by atoms with Crippen LogP contribution in [0, 0.1) is 0 Å². The Morgan fingerprint density at radius 3 is 2.24 bits per heavy atom. The van der Waals surface area contributed by atoms with Crippen LogP contribution in [0.5, 0.6) is 0 Å². The molecule has 0 aliphatic carbocycles. The highest BCUT2D eigenvalue weighted by Gasteiger charge is 2.01. The van der Waals surface area contributed by atoms with Crippen LogP contribution >= 0.6 is 0 Å². The van der Waals surface area contributed by atoms with E-state index in [1.54, 1.807) is 0 Å². The van der Waals surface area contributed by atoms with E-state index < -0.39 is 0 Å². The van der Waals surface area contributed by atoms with E-state index in [4.69, 9.17) is 10.5 Å². The first-order valence-electron chi connectivity index (χ1n) is 7.17. The predicted molar refractivity (Wildman–Crippen MR) is 71.9 cm³/mol. The van der Waals surface area contributed by atoms with Crippen molar-refractivity contribution in [2.45, 2.75) is 71.1 Å². The third-order valence-electron chi connectivity index (χ3n) is 2.85. The predicted octanol–water partition coefficient (Wildman–Crippen LogP) is 3.41. The van der Waals surface area contributed by atoms with Crippen LogP contribution in [-0.4, -0.2) is 19.1 Å². The number of hydrogen-bond donors (Lipinski definition) is 1. The Hall–Kier alpha value is -0.570. The molecule has 102 valence electrons. The van der Waals surface area contributed by atoms with E-state index in [9.17, 15) is 4.79 Å². The van der Waals surface area contributed by atoms with Gasteiger partial charge in [0.05, 0.1) is 6.61 Å². The van der Waals surface area contributed by atoms with Crippen LogP contribution in [0.3, 0.4) is 0 Å². The fraction of sp³-hybridized carbons (Fsp3) is 0.929. The van der Waals surface area contributed by atoms with Crippen LogP contribution in [0.1, 0.15) is 71.1 Å². The SMILES string of the molecule is CCCCCCCCCC(=O)OCCCCN. The highest BCUT2D eigenvalue weighted by molar-refractivity contribution is 5.69. The summed E-state index contributed by atoms with van der Waals surface area (Å²) < 4.78 is 5.09. The fourth-order valence-electron chi connectivity index (χ4n) is 1.73. The number of hydrogen-bond acceptors (Lipinski definition) is 3. The van der Waals surface area contributed by atoms with Crippen molar-refractivity contribution in [3.8, 4) is 0 Å². The molecule has 0 saturated carbocycles. The molecule has 0 unspecified atom stereocenters. The van der Waals surface area contributed by atoms with Crippen molar-refractivity contribution in [2.24, 2.45) is 5.73 Å². The molecule has 17 heavy (non-hydrogen) atoms. The quantitative estimate of drug-likeness (QED) is 0.422. The molecule has 3 nitrogen and oxygen atoms in total. The molecule has 0 aliphatic rings. The summed E-state index contributed by atoms with van der Waals surface area (Å²) in [6.07, 6.45) is 11.0. The Labute approximate surface area is 106 Å². The van der Waals surface area contributed by atoms with Gasteiger partial charge in [-0.25, -0.2) is 0 Å². The molecule has 2 N–H and O–H groups in total. The highest BCUT2D eigenvalue weighted by Crippen LogP contribution is 2.08. The Kier molecular flexibility index (Phi) is 13.0. The summed E-state index contributed by atoms with van der Waals surface area (Å²) in [4.78, 5) is 11.3. The topological polar surface area (TPSA) is 52.3 Å². The van der Waals surface area contributed by atoms with Crippen molar-refractivity contribution in [2.75, 3.05) is 13.2 Å². The molecule has 3 heteroatoms. The second-order valence-electron chi connectivity index (χ2n) is 4.59. The standard InChI is InChI=1S/C14H29NO2/c1-2-3-4-5-6-7-8-11-14(16)17-13-10-9-12-15/h2-13,15H2,1H3. The molecule has 0 bridgehead atoms. The van der Waals surface area contributed by atoms with Gasteiger partial charge in [-0.15, -0.1) is 0 Å². The van der Waals surface area contributed by atoms with Crippen LogP contribution in [0.4, 0.5) is 0 Å². The van der Waals surface area contributed by atoms with Crippen molar-refractivity contribution in [1.82, 2.24) is 0 Å². The van der Waals surface area contributed by atoms with E-state index in [-0.39, 0.29) is 5.97 Å². The molecular formula is C14H29NO2. The molecule has 0 aliphatic heterocycles. The van der Waals surface area contributed by atoms with Gasteiger partial charge in [0.15, 0.2) is 0 Å². The lowest BCUT2D eigenvalue weighted by molar-refractivity contribution is -0.143. The van der Waals surface area contributed by atoms with E-state index in [0.29, 0.717) is 19.6 Å². The third-order valence-corrected chi connectivity index (χ3v) is 2.85. The van der Waals surface area contributed by atoms with Gasteiger partial charge < -0.3 is 10.5 Å². The summed E-state index contributed by atoms with van der Waals surface area (Å²) in [7, 11) is 0. The van der Waals surface area contributed by atoms with E-state index in [1.807, 2.05) is 0 Å². The second kappa shape index (κ2) is 13.5. The normalized spacial score (nSPS) is 10.5. The lowest BCUT2D eigenvalue weighted by Gasteiger charge is -2.04. The zero-order chi connectivity index (χ0) is 12.8. The molecule has 0 spiro atoms. The smallest absolute Gasteiger partial charge is 0.305 e. The molecular weight excluding hydrogens is 214 g/mol. The molecule has 0 amide bonds. The average Bonchev–Trinajstić information content (AvgIpc) is 2.33. The van der Waals surface area contributed by atoms with E-state index in [2.05, 4.69) is 6.92 Å². The number of unbranched alkanes of at least 4 members (excludes halogenated alkanes) is 7. The molecule has 0 rings (SSSR count). The number of nitrogens with two attached hydrogens (primary N) is 1. The minimum atomic E-state index is -0.0458. The largest absolute Gasteiger partial charge is 0.466 e. The molecule has 0 heterocycles. The minimum absolute atomic E-state index is 0.0458. The fourth-order valence-corrected chi connectivity index (χ4v) is 1.73. The summed E-state index contributed by atoms with van der Waals surface area (Å²) in [6.45, 7) is 3.43. The second-order valence-corrected chi connectivity index (χ2v) is 4.59. The van der Waals surface area contributed by atoms with Gasteiger partial charge in [-0.3, -0.25) is 4.79 Å². The Morgan fingerprint density at radius 1 is 0.941 bits per heavy atom.